The van der Waals surface area contributed by atoms with Crippen molar-refractivity contribution in [1.29, 1.82) is 0 Å². The van der Waals surface area contributed by atoms with Crippen molar-refractivity contribution in [1.82, 2.24) is 0 Å². The average molecular weight is 271 g/mol. The number of hydrogen-bond donors (Lipinski definition) is 1. The van der Waals surface area contributed by atoms with Crippen molar-refractivity contribution < 1.29 is 9.90 Å². The minimum atomic E-state index is -0.718. The lowest BCUT2D eigenvalue weighted by Crippen LogP contribution is -2.32. The molecule has 92 valence electrons. The van der Waals surface area contributed by atoms with Crippen LogP contribution in [0, 0.1) is 0 Å². The summed E-state index contributed by atoms with van der Waals surface area (Å²) in [4.78, 5) is 12.6. The summed E-state index contributed by atoms with van der Waals surface area (Å²) in [5.41, 5.74) is 0.148. The highest BCUT2D eigenvalue weighted by molar-refractivity contribution is 7.98. The second-order valence-corrected chi connectivity index (χ2v) is 5.79. The molecule has 0 bridgehead atoms. The van der Waals surface area contributed by atoms with Gasteiger partial charge in [0.05, 0.1) is 5.41 Å². The molecule has 4 heteroatoms. The smallest absolute Gasteiger partial charge is 0.314 e. The average Bonchev–Trinajstić information content (AvgIpc) is 2.78. The standard InChI is InChI=1S/C13H15ClO2S/c1-17-11-7-9(6-10(14)8-11)13(12(15)16)4-2-3-5-13/h6-8H,2-5H2,1H3,(H,15,16). The summed E-state index contributed by atoms with van der Waals surface area (Å²) in [5.74, 6) is -0.718. The zero-order valence-electron chi connectivity index (χ0n) is 9.70. The van der Waals surface area contributed by atoms with Gasteiger partial charge in [0.15, 0.2) is 0 Å². The Kier molecular flexibility index (Phi) is 3.69. The normalized spacial score (nSPS) is 18.2. The van der Waals surface area contributed by atoms with Crippen LogP contribution >= 0.6 is 23.4 Å². The van der Waals surface area contributed by atoms with Crippen molar-refractivity contribution in [2.45, 2.75) is 36.0 Å². The van der Waals surface area contributed by atoms with E-state index >= 15 is 0 Å². The number of carboxylic acid groups (broad SMARTS) is 1. The molecule has 0 spiro atoms. The zero-order chi connectivity index (χ0) is 12.5. The number of benzene rings is 1. The minimum absolute atomic E-state index is 0.624. The third-order valence-electron chi connectivity index (χ3n) is 3.53. The highest BCUT2D eigenvalue weighted by atomic mass is 35.5. The van der Waals surface area contributed by atoms with Gasteiger partial charge < -0.3 is 5.11 Å². The van der Waals surface area contributed by atoms with Crippen molar-refractivity contribution in [3.8, 4) is 0 Å². The molecular weight excluding hydrogens is 256 g/mol. The van der Waals surface area contributed by atoms with Crippen LogP contribution in [-0.2, 0) is 10.2 Å². The monoisotopic (exact) mass is 270 g/mol. The van der Waals surface area contributed by atoms with Gasteiger partial charge in [-0.2, -0.15) is 0 Å². The summed E-state index contributed by atoms with van der Waals surface area (Å²) in [6.07, 6.45) is 5.37. The summed E-state index contributed by atoms with van der Waals surface area (Å²) in [6, 6.07) is 5.65. The molecule has 0 aromatic heterocycles. The Morgan fingerprint density at radius 1 is 1.35 bits per heavy atom. The molecule has 17 heavy (non-hydrogen) atoms. The van der Waals surface area contributed by atoms with Crippen LogP contribution in [0.4, 0.5) is 0 Å². The van der Waals surface area contributed by atoms with Crippen molar-refractivity contribution >= 4 is 29.3 Å². The van der Waals surface area contributed by atoms with E-state index in [9.17, 15) is 9.90 Å². The molecule has 1 saturated carbocycles. The number of halogens is 1. The Bertz CT molecular complexity index is 439. The van der Waals surface area contributed by atoms with E-state index in [2.05, 4.69) is 0 Å². The van der Waals surface area contributed by atoms with E-state index in [1.165, 1.54) is 0 Å². The molecule has 0 heterocycles. The zero-order valence-corrected chi connectivity index (χ0v) is 11.3. The lowest BCUT2D eigenvalue weighted by Gasteiger charge is -2.25. The van der Waals surface area contributed by atoms with E-state index in [1.54, 1.807) is 17.8 Å². The first-order valence-corrected chi connectivity index (χ1v) is 7.27. The maximum Gasteiger partial charge on any atom is 0.314 e. The van der Waals surface area contributed by atoms with Crippen LogP contribution in [0.2, 0.25) is 5.02 Å². The Labute approximate surface area is 110 Å². The van der Waals surface area contributed by atoms with Gasteiger partial charge in [0, 0.05) is 9.92 Å². The number of rotatable bonds is 3. The highest BCUT2D eigenvalue weighted by Gasteiger charge is 2.43. The largest absolute Gasteiger partial charge is 0.481 e. The van der Waals surface area contributed by atoms with E-state index in [4.69, 9.17) is 11.6 Å². The summed E-state index contributed by atoms with van der Waals surface area (Å²) in [7, 11) is 0. The van der Waals surface area contributed by atoms with Gasteiger partial charge in [-0.1, -0.05) is 24.4 Å². The first kappa shape index (κ1) is 12.8. The third-order valence-corrected chi connectivity index (χ3v) is 4.45. The summed E-state index contributed by atoms with van der Waals surface area (Å²) >= 11 is 7.66. The van der Waals surface area contributed by atoms with Gasteiger partial charge in [-0.25, -0.2) is 0 Å². The molecular formula is C13H15ClO2S. The van der Waals surface area contributed by atoms with Crippen LogP contribution in [0.3, 0.4) is 0 Å². The summed E-state index contributed by atoms with van der Waals surface area (Å²) in [6.45, 7) is 0. The van der Waals surface area contributed by atoms with Crippen LogP contribution in [0.5, 0.6) is 0 Å². The maximum absolute atomic E-state index is 11.6. The Morgan fingerprint density at radius 3 is 2.53 bits per heavy atom. The Hall–Kier alpha value is -0.670. The second-order valence-electron chi connectivity index (χ2n) is 4.47. The maximum atomic E-state index is 11.6. The second kappa shape index (κ2) is 4.91. The molecule has 1 N–H and O–H groups in total. The Balaban J connectivity index is 2.50. The van der Waals surface area contributed by atoms with Gasteiger partial charge in [0.25, 0.3) is 0 Å². The molecule has 0 unspecified atom stereocenters. The lowest BCUT2D eigenvalue weighted by molar-refractivity contribution is -0.143. The summed E-state index contributed by atoms with van der Waals surface area (Å²) < 4.78 is 0. The quantitative estimate of drug-likeness (QED) is 0.845. The van der Waals surface area contributed by atoms with Crippen molar-refractivity contribution in [3.63, 3.8) is 0 Å². The number of carbonyl (C=O) groups is 1. The van der Waals surface area contributed by atoms with E-state index in [-0.39, 0.29) is 0 Å². The van der Waals surface area contributed by atoms with Crippen LogP contribution in [0.1, 0.15) is 31.2 Å². The number of aliphatic carboxylic acids is 1. The predicted octanol–water partition coefficient (Wildman–Crippen LogP) is 3.96. The lowest BCUT2D eigenvalue weighted by atomic mass is 9.79. The highest BCUT2D eigenvalue weighted by Crippen LogP contribution is 2.43. The molecule has 0 saturated heterocycles. The minimum Gasteiger partial charge on any atom is -0.481 e. The van der Waals surface area contributed by atoms with E-state index in [0.717, 1.165) is 36.1 Å². The molecule has 2 nitrogen and oxygen atoms in total. The first-order valence-electron chi connectivity index (χ1n) is 5.67. The fourth-order valence-corrected chi connectivity index (χ4v) is 3.35. The van der Waals surface area contributed by atoms with E-state index in [1.807, 2.05) is 18.4 Å². The van der Waals surface area contributed by atoms with Gasteiger partial charge in [-0.15, -0.1) is 11.8 Å². The third kappa shape index (κ3) is 2.31. The van der Waals surface area contributed by atoms with E-state index < -0.39 is 11.4 Å². The molecule has 2 rings (SSSR count). The van der Waals surface area contributed by atoms with Crippen molar-refractivity contribution in [3.05, 3.63) is 28.8 Å². The van der Waals surface area contributed by atoms with Crippen LogP contribution < -0.4 is 0 Å². The first-order chi connectivity index (χ1) is 8.08. The van der Waals surface area contributed by atoms with Gasteiger partial charge >= 0.3 is 5.97 Å². The van der Waals surface area contributed by atoms with Crippen LogP contribution in [-0.4, -0.2) is 17.3 Å². The van der Waals surface area contributed by atoms with Crippen molar-refractivity contribution in [2.24, 2.45) is 0 Å². The van der Waals surface area contributed by atoms with Gasteiger partial charge in [-0.3, -0.25) is 4.79 Å². The molecule has 1 aliphatic carbocycles. The fraction of sp³-hybridized carbons (Fsp3) is 0.462. The molecule has 0 amide bonds. The molecule has 1 fully saturated rings. The van der Waals surface area contributed by atoms with Crippen molar-refractivity contribution in [2.75, 3.05) is 6.26 Å². The molecule has 1 aromatic rings. The van der Waals surface area contributed by atoms with Crippen LogP contribution in [0.25, 0.3) is 0 Å². The summed E-state index contributed by atoms with van der Waals surface area (Å²) in [5, 5.41) is 10.1. The SMILES string of the molecule is CSc1cc(Cl)cc(C2(C(=O)O)CCCC2)c1. The predicted molar refractivity (Wildman–Crippen MR) is 71.0 cm³/mol. The molecule has 1 aromatic carbocycles. The number of thioether (sulfide) groups is 1. The van der Waals surface area contributed by atoms with Gasteiger partial charge in [0.2, 0.25) is 0 Å². The van der Waals surface area contributed by atoms with Gasteiger partial charge in [0.1, 0.15) is 0 Å². The molecule has 0 radical (unpaired) electrons. The molecule has 1 aliphatic rings. The molecule has 0 aliphatic heterocycles. The fourth-order valence-electron chi connectivity index (χ4n) is 2.56. The van der Waals surface area contributed by atoms with Crippen LogP contribution in [0.15, 0.2) is 23.1 Å². The topological polar surface area (TPSA) is 37.3 Å². The molecule has 0 atom stereocenters. The van der Waals surface area contributed by atoms with E-state index in [0.29, 0.717) is 5.02 Å². The number of carboxylic acids is 1. The number of hydrogen-bond acceptors (Lipinski definition) is 2. The van der Waals surface area contributed by atoms with Gasteiger partial charge in [-0.05, 0) is 42.9 Å². The Morgan fingerprint density at radius 2 is 2.00 bits per heavy atom.